The van der Waals surface area contributed by atoms with Gasteiger partial charge < -0.3 is 42.3 Å². The number of nitrogens with zero attached hydrogens (tertiary/aromatic N) is 4. The lowest BCUT2D eigenvalue weighted by atomic mass is 9.68. The summed E-state index contributed by atoms with van der Waals surface area (Å²) in [5, 5.41) is 0. The Labute approximate surface area is 416 Å². The van der Waals surface area contributed by atoms with Crippen molar-refractivity contribution >= 4 is 56.3 Å². The van der Waals surface area contributed by atoms with Gasteiger partial charge in [0.2, 0.25) is 0 Å². The van der Waals surface area contributed by atoms with E-state index in [4.69, 9.17) is 32.5 Å². The monoisotopic (exact) mass is 950 g/mol. The molecule has 0 unspecified atom stereocenters. The minimum absolute atomic E-state index is 0.199. The van der Waals surface area contributed by atoms with Gasteiger partial charge in [0, 0.05) is 72.4 Å². The van der Waals surface area contributed by atoms with E-state index in [2.05, 4.69) is 158 Å². The van der Waals surface area contributed by atoms with Crippen LogP contribution in [0.4, 0.5) is 34.1 Å². The number of fused-ring (bicyclic) bond motifs is 10. The van der Waals surface area contributed by atoms with Crippen molar-refractivity contribution in [2.45, 2.75) is 57.8 Å². The molecule has 72 heavy (non-hydrogen) atoms. The molecule has 11 heteroatoms. The molecule has 5 heterocycles. The average Bonchev–Trinajstić information content (AvgIpc) is 4.01. The van der Waals surface area contributed by atoms with E-state index in [-0.39, 0.29) is 12.2 Å². The van der Waals surface area contributed by atoms with E-state index in [0.717, 1.165) is 79.0 Å². The number of rotatable bonds is 8. The largest absolute Gasteiger partial charge is 0.453 e. The molecule has 0 amide bonds. The van der Waals surface area contributed by atoms with E-state index in [1.165, 1.54) is 0 Å². The van der Waals surface area contributed by atoms with Crippen LogP contribution >= 0.6 is 0 Å². The fourth-order valence-electron chi connectivity index (χ4n) is 11.3. The number of para-hydroxylation sites is 4. The maximum Gasteiger partial charge on any atom is 0.394 e. The van der Waals surface area contributed by atoms with Crippen LogP contribution in [0.2, 0.25) is 0 Å². The number of hydrogen-bond donors (Lipinski definition) is 0. The van der Waals surface area contributed by atoms with Gasteiger partial charge in [-0.05, 0) is 84.9 Å². The Bertz CT molecular complexity index is 3570. The zero-order valence-corrected chi connectivity index (χ0v) is 41.2. The van der Waals surface area contributed by atoms with Crippen molar-refractivity contribution < 1.29 is 32.5 Å². The SMILES string of the molecule is COc1nc2cc(N(c3ccccc3)c3cc4c(c5c3C(C)(C)c3ccccc3O5)Oc3c(cc(N(c5ccccc5)c5ccc6oc(OC)nc6c5)c5c3Oc3ccccc3C5(C)C)C4(C)C)ccc2o1. The fourth-order valence-corrected chi connectivity index (χ4v) is 11.3. The van der Waals surface area contributed by atoms with Gasteiger partial charge in [0.05, 0.1) is 25.6 Å². The molecule has 0 fully saturated rings. The Morgan fingerprint density at radius 1 is 0.389 bits per heavy atom. The minimum Gasteiger partial charge on any atom is -0.453 e. The topological polar surface area (TPSA) is 105 Å². The number of aromatic nitrogens is 2. The second kappa shape index (κ2) is 15.7. The van der Waals surface area contributed by atoms with Gasteiger partial charge in [-0.3, -0.25) is 0 Å². The zero-order chi connectivity index (χ0) is 49.3. The van der Waals surface area contributed by atoms with Gasteiger partial charge in [-0.25, -0.2) is 0 Å². The Kier molecular flexibility index (Phi) is 9.42. The molecular formula is C61H50N4O7. The quantitative estimate of drug-likeness (QED) is 0.145. The van der Waals surface area contributed by atoms with E-state index < -0.39 is 16.2 Å². The smallest absolute Gasteiger partial charge is 0.394 e. The van der Waals surface area contributed by atoms with Crippen LogP contribution in [0.1, 0.15) is 74.9 Å². The molecule has 0 radical (unpaired) electrons. The average molecular weight is 951 g/mol. The molecule has 0 saturated heterocycles. The highest BCUT2D eigenvalue weighted by Gasteiger charge is 2.49. The molecule has 0 spiro atoms. The number of anilines is 6. The molecule has 8 aromatic carbocycles. The summed E-state index contributed by atoms with van der Waals surface area (Å²) in [6, 6.07) is 54.1. The third-order valence-electron chi connectivity index (χ3n) is 14.9. The van der Waals surface area contributed by atoms with Crippen molar-refractivity contribution in [2.24, 2.45) is 0 Å². The number of benzene rings is 8. The number of hydrogen-bond acceptors (Lipinski definition) is 11. The summed E-state index contributed by atoms with van der Waals surface area (Å²) in [5.74, 6) is 4.11. The van der Waals surface area contributed by atoms with Gasteiger partial charge in [0.25, 0.3) is 0 Å². The first-order chi connectivity index (χ1) is 34.8. The maximum atomic E-state index is 7.60. The molecular weight excluding hydrogens is 901 g/mol. The Hall–Kier alpha value is -8.70. The molecule has 10 aromatic rings. The molecule has 356 valence electrons. The van der Waals surface area contributed by atoms with E-state index in [0.29, 0.717) is 45.2 Å². The molecule has 0 N–H and O–H groups in total. The molecule has 11 nitrogen and oxygen atoms in total. The molecule has 0 bridgehead atoms. The standard InChI is InChI=1S/C61H50N4O7/c1-59(2)41-33-45(64(35-19-11-9-12-20-35)37-27-29-49-43(31-37)62-57(66-7)70-49)51-55(68-47-25-17-15-23-39(47)60(51,3)4)53(41)72-54-42(59)34-46(52-56(54)69-48-26-18-16-24-40(48)61(52,5)6)65(36-21-13-10-14-22-36)38-28-30-50-44(32-38)63-58(67-8)71-50/h9-34H,1-8H3. The molecule has 0 saturated carbocycles. The van der Waals surface area contributed by atoms with E-state index in [9.17, 15) is 0 Å². The molecule has 2 aromatic heterocycles. The highest BCUT2D eigenvalue weighted by Crippen LogP contribution is 2.66. The second-order valence-corrected chi connectivity index (χ2v) is 20.1. The lowest BCUT2D eigenvalue weighted by Crippen LogP contribution is -2.33. The number of methoxy groups -OCH3 is 2. The summed E-state index contributed by atoms with van der Waals surface area (Å²) < 4.78 is 44.9. The molecule has 3 aliphatic heterocycles. The Morgan fingerprint density at radius 3 is 1.21 bits per heavy atom. The van der Waals surface area contributed by atoms with Gasteiger partial charge in [-0.2, -0.15) is 9.97 Å². The van der Waals surface area contributed by atoms with Crippen molar-refractivity contribution in [3.8, 4) is 46.7 Å². The van der Waals surface area contributed by atoms with Crippen LogP contribution in [0.15, 0.2) is 167 Å². The zero-order valence-electron chi connectivity index (χ0n) is 41.2. The van der Waals surface area contributed by atoms with Gasteiger partial charge in [-0.1, -0.05) is 114 Å². The first kappa shape index (κ1) is 43.3. The molecule has 0 aliphatic carbocycles. The van der Waals surface area contributed by atoms with Gasteiger partial charge in [0.1, 0.15) is 22.5 Å². The van der Waals surface area contributed by atoms with E-state index >= 15 is 0 Å². The summed E-state index contributed by atoms with van der Waals surface area (Å²) in [6.45, 7) is 13.6. The van der Waals surface area contributed by atoms with E-state index in [1.807, 2.05) is 60.7 Å². The minimum atomic E-state index is -0.733. The second-order valence-electron chi connectivity index (χ2n) is 20.1. The van der Waals surface area contributed by atoms with Crippen LogP contribution in [0.3, 0.4) is 0 Å². The van der Waals surface area contributed by atoms with E-state index in [1.54, 1.807) is 14.2 Å². The summed E-state index contributed by atoms with van der Waals surface area (Å²) in [6.07, 6.45) is 0.399. The normalized spacial score (nSPS) is 15.1. The predicted molar refractivity (Wildman–Crippen MR) is 280 cm³/mol. The maximum absolute atomic E-state index is 7.60. The Morgan fingerprint density at radius 2 is 0.792 bits per heavy atom. The van der Waals surface area contributed by atoms with Crippen molar-refractivity contribution in [1.82, 2.24) is 9.97 Å². The lowest BCUT2D eigenvalue weighted by Gasteiger charge is -2.45. The van der Waals surface area contributed by atoms with Crippen LogP contribution < -0.4 is 33.5 Å². The van der Waals surface area contributed by atoms with Crippen LogP contribution in [0.25, 0.3) is 22.2 Å². The highest BCUT2D eigenvalue weighted by atomic mass is 16.6. The summed E-state index contributed by atoms with van der Waals surface area (Å²) in [7, 11) is 3.12. The first-order valence-corrected chi connectivity index (χ1v) is 24.1. The third kappa shape index (κ3) is 6.35. The highest BCUT2D eigenvalue weighted by molar-refractivity contribution is 5.92. The number of ether oxygens (including phenoxy) is 5. The lowest BCUT2D eigenvalue weighted by molar-refractivity contribution is 0.299. The molecule has 3 aliphatic rings. The third-order valence-corrected chi connectivity index (χ3v) is 14.9. The Balaban J connectivity index is 1.11. The van der Waals surface area contributed by atoms with Crippen LogP contribution in [-0.4, -0.2) is 24.2 Å². The predicted octanol–water partition coefficient (Wildman–Crippen LogP) is 16.2. The fraction of sp³-hybridized carbons (Fsp3) is 0.180. The van der Waals surface area contributed by atoms with Gasteiger partial charge in [0.15, 0.2) is 34.2 Å². The van der Waals surface area contributed by atoms with Crippen molar-refractivity contribution in [3.05, 3.63) is 191 Å². The molecule has 13 rings (SSSR count). The summed E-state index contributed by atoms with van der Waals surface area (Å²) in [4.78, 5) is 13.9. The van der Waals surface area contributed by atoms with Crippen LogP contribution in [-0.2, 0) is 16.2 Å². The first-order valence-electron chi connectivity index (χ1n) is 24.1. The van der Waals surface area contributed by atoms with Crippen molar-refractivity contribution in [3.63, 3.8) is 0 Å². The summed E-state index contributed by atoms with van der Waals surface area (Å²) in [5.41, 5.74) is 12.1. The van der Waals surface area contributed by atoms with Crippen molar-refractivity contribution in [2.75, 3.05) is 24.0 Å². The summed E-state index contributed by atoms with van der Waals surface area (Å²) >= 11 is 0. The van der Waals surface area contributed by atoms with Gasteiger partial charge in [-0.15, -0.1) is 0 Å². The number of oxazole rings is 2. The van der Waals surface area contributed by atoms with Crippen molar-refractivity contribution in [1.29, 1.82) is 0 Å². The van der Waals surface area contributed by atoms with Crippen LogP contribution in [0, 0.1) is 0 Å². The van der Waals surface area contributed by atoms with Gasteiger partial charge >= 0.3 is 12.2 Å². The molecule has 0 atom stereocenters. The van der Waals surface area contributed by atoms with Crippen LogP contribution in [0.5, 0.6) is 46.7 Å².